The van der Waals surface area contributed by atoms with Gasteiger partial charge in [0.05, 0.1) is 10.6 Å². The van der Waals surface area contributed by atoms with Gasteiger partial charge >= 0.3 is 0 Å². The van der Waals surface area contributed by atoms with Crippen LogP contribution in [-0.2, 0) is 4.79 Å². The summed E-state index contributed by atoms with van der Waals surface area (Å²) in [7, 11) is 0. The van der Waals surface area contributed by atoms with E-state index in [4.69, 9.17) is 13.9 Å². The number of aromatic nitrogens is 2. The van der Waals surface area contributed by atoms with Gasteiger partial charge in [0.1, 0.15) is 6.61 Å². The number of thioether (sulfide) groups is 1. The summed E-state index contributed by atoms with van der Waals surface area (Å²) in [6.07, 6.45) is -0.518. The third kappa shape index (κ3) is 4.12. The van der Waals surface area contributed by atoms with Crippen LogP contribution in [0.2, 0.25) is 0 Å². The van der Waals surface area contributed by atoms with Crippen LogP contribution in [0.1, 0.15) is 21.7 Å². The van der Waals surface area contributed by atoms with Crippen molar-refractivity contribution in [3.05, 3.63) is 52.5 Å². The maximum atomic E-state index is 11.9. The van der Waals surface area contributed by atoms with Crippen molar-refractivity contribution in [2.75, 3.05) is 12.4 Å². The van der Waals surface area contributed by atoms with Crippen molar-refractivity contribution in [1.29, 1.82) is 0 Å². The molecule has 10 heteroatoms. The largest absolute Gasteiger partial charge is 0.485 e. The van der Waals surface area contributed by atoms with Crippen LogP contribution in [0.3, 0.4) is 0 Å². The fraction of sp³-hybridized carbons (Fsp3) is 0.176. The molecule has 0 bridgehead atoms. The second-order valence-corrected chi connectivity index (χ2v) is 7.29. The molecule has 1 aromatic carbocycles. The molecule has 0 unspecified atom stereocenters. The number of hydrogen-bond acceptors (Lipinski definition) is 9. The van der Waals surface area contributed by atoms with Crippen molar-refractivity contribution in [3.63, 3.8) is 0 Å². The highest BCUT2D eigenvalue weighted by Gasteiger charge is 2.27. The van der Waals surface area contributed by atoms with E-state index in [9.17, 15) is 9.59 Å². The van der Waals surface area contributed by atoms with Gasteiger partial charge in [0.25, 0.3) is 17.0 Å². The maximum absolute atomic E-state index is 11.9. The normalized spacial score (nSPS) is 15.3. The highest BCUT2D eigenvalue weighted by Crippen LogP contribution is 2.35. The lowest BCUT2D eigenvalue weighted by molar-refractivity contribution is -0.117. The molecule has 27 heavy (non-hydrogen) atoms. The summed E-state index contributed by atoms with van der Waals surface area (Å²) in [4.78, 5) is 24.2. The number of ether oxygens (including phenoxy) is 2. The van der Waals surface area contributed by atoms with Crippen LogP contribution in [0, 0.1) is 0 Å². The van der Waals surface area contributed by atoms with Crippen LogP contribution in [-0.4, -0.2) is 34.4 Å². The van der Waals surface area contributed by atoms with Gasteiger partial charge in [-0.05, 0) is 23.6 Å². The number of imide groups is 1. The average molecular weight is 403 g/mol. The molecule has 0 fully saturated rings. The van der Waals surface area contributed by atoms with Crippen molar-refractivity contribution in [2.24, 2.45) is 0 Å². The Kier molecular flexibility index (Phi) is 5.07. The van der Waals surface area contributed by atoms with E-state index in [1.54, 1.807) is 23.6 Å². The lowest BCUT2D eigenvalue weighted by Crippen LogP contribution is -2.31. The highest BCUT2D eigenvalue weighted by atomic mass is 32.2. The molecule has 0 saturated carbocycles. The number of carbonyl (C=O) groups excluding carboxylic acids is 2. The molecule has 0 spiro atoms. The minimum atomic E-state index is -0.518. The van der Waals surface area contributed by atoms with Crippen LogP contribution in [0.25, 0.3) is 0 Å². The van der Waals surface area contributed by atoms with Crippen LogP contribution in [0.15, 0.2) is 51.4 Å². The number of amides is 2. The number of nitrogens with one attached hydrogen (secondary N) is 1. The van der Waals surface area contributed by atoms with Gasteiger partial charge in [0.2, 0.25) is 12.0 Å². The third-order valence-electron chi connectivity index (χ3n) is 3.53. The summed E-state index contributed by atoms with van der Waals surface area (Å²) in [5.41, 5.74) is 0. The van der Waals surface area contributed by atoms with Crippen molar-refractivity contribution in [2.45, 2.75) is 11.3 Å². The summed E-state index contributed by atoms with van der Waals surface area (Å²) in [6.45, 7) is 0.249. The predicted octanol–water partition coefficient (Wildman–Crippen LogP) is 2.69. The standard InChI is InChI=1S/C17H13N3O5S2/c21-14(18-15(22)13-6-3-7-26-13)9-27-17-20-19-16(25-17)12-8-23-10-4-1-2-5-11(10)24-12/h1-7,12H,8-9H2,(H,18,21,22)/t12-/m0/s1. The highest BCUT2D eigenvalue weighted by molar-refractivity contribution is 7.99. The van der Waals surface area contributed by atoms with E-state index in [1.165, 1.54) is 11.3 Å². The van der Waals surface area contributed by atoms with Crippen molar-refractivity contribution in [3.8, 4) is 11.5 Å². The third-order valence-corrected chi connectivity index (χ3v) is 5.22. The lowest BCUT2D eigenvalue weighted by Gasteiger charge is -2.23. The molecule has 138 valence electrons. The van der Waals surface area contributed by atoms with Gasteiger partial charge < -0.3 is 13.9 Å². The van der Waals surface area contributed by atoms with Crippen molar-refractivity contribution in [1.82, 2.24) is 15.5 Å². The first kappa shape index (κ1) is 17.6. The summed E-state index contributed by atoms with van der Waals surface area (Å²) in [5.74, 6) is 0.645. The van der Waals surface area contributed by atoms with E-state index in [0.717, 1.165) is 11.8 Å². The van der Waals surface area contributed by atoms with E-state index >= 15 is 0 Å². The Labute approximate surface area is 161 Å². The van der Waals surface area contributed by atoms with Gasteiger partial charge in [-0.3, -0.25) is 14.9 Å². The molecule has 1 N–H and O–H groups in total. The summed E-state index contributed by atoms with van der Waals surface area (Å²) < 4.78 is 17.0. The molecule has 2 amide bonds. The number of para-hydroxylation sites is 2. The smallest absolute Gasteiger partial charge is 0.277 e. The minimum absolute atomic E-state index is 0.0242. The molecule has 4 rings (SSSR count). The van der Waals surface area contributed by atoms with Crippen LogP contribution in [0.5, 0.6) is 11.5 Å². The Morgan fingerprint density at radius 1 is 1.19 bits per heavy atom. The fourth-order valence-corrected chi connectivity index (χ4v) is 3.50. The summed E-state index contributed by atoms with van der Waals surface area (Å²) >= 11 is 2.30. The molecule has 8 nitrogen and oxygen atoms in total. The Hall–Kier alpha value is -2.85. The van der Waals surface area contributed by atoms with Gasteiger partial charge in [0, 0.05) is 0 Å². The van der Waals surface area contributed by atoms with Gasteiger partial charge in [0.15, 0.2) is 11.5 Å². The van der Waals surface area contributed by atoms with Crippen LogP contribution >= 0.6 is 23.1 Å². The molecule has 1 atom stereocenters. The summed E-state index contributed by atoms with van der Waals surface area (Å²) in [6, 6.07) is 10.7. The van der Waals surface area contributed by atoms with Gasteiger partial charge in [-0.15, -0.1) is 21.5 Å². The SMILES string of the molecule is O=C(CSc1nnc([C@@H]2COc3ccccc3O2)o1)NC(=O)c1cccs1. The van der Waals surface area contributed by atoms with E-state index < -0.39 is 17.9 Å². The number of hydrogen-bond donors (Lipinski definition) is 1. The van der Waals surface area contributed by atoms with E-state index in [1.807, 2.05) is 18.2 Å². The quantitative estimate of drug-likeness (QED) is 0.649. The number of nitrogens with zero attached hydrogens (tertiary/aromatic N) is 2. The first-order valence-electron chi connectivity index (χ1n) is 7.91. The molecule has 1 aliphatic heterocycles. The second-order valence-electron chi connectivity index (χ2n) is 5.41. The number of benzene rings is 1. The van der Waals surface area contributed by atoms with Gasteiger partial charge in [-0.2, -0.15) is 0 Å². The Bertz CT molecular complexity index is 957. The molecule has 3 aromatic rings. The van der Waals surface area contributed by atoms with E-state index in [0.29, 0.717) is 16.4 Å². The average Bonchev–Trinajstić information content (AvgIpc) is 3.38. The summed E-state index contributed by atoms with van der Waals surface area (Å²) in [5, 5.41) is 12.1. The van der Waals surface area contributed by atoms with Gasteiger partial charge in [-0.25, -0.2) is 0 Å². The number of rotatable bonds is 5. The van der Waals surface area contributed by atoms with E-state index in [2.05, 4.69) is 15.5 Å². The number of carbonyl (C=O) groups is 2. The zero-order valence-electron chi connectivity index (χ0n) is 13.8. The Morgan fingerprint density at radius 3 is 2.85 bits per heavy atom. The first-order chi connectivity index (χ1) is 13.2. The zero-order chi connectivity index (χ0) is 18.6. The molecule has 0 saturated heterocycles. The molecular formula is C17H13N3O5S2. The minimum Gasteiger partial charge on any atom is -0.485 e. The Balaban J connectivity index is 1.31. The maximum Gasteiger partial charge on any atom is 0.277 e. The lowest BCUT2D eigenvalue weighted by atomic mass is 10.2. The molecule has 0 aliphatic carbocycles. The van der Waals surface area contributed by atoms with E-state index in [-0.39, 0.29) is 23.5 Å². The van der Waals surface area contributed by atoms with Crippen molar-refractivity contribution < 1.29 is 23.5 Å². The fourth-order valence-electron chi connectivity index (χ4n) is 2.31. The van der Waals surface area contributed by atoms with Crippen molar-refractivity contribution >= 4 is 34.9 Å². The number of thiophene rings is 1. The van der Waals surface area contributed by atoms with Crippen LogP contribution in [0.4, 0.5) is 0 Å². The second kappa shape index (κ2) is 7.80. The molecule has 2 aromatic heterocycles. The molecular weight excluding hydrogens is 390 g/mol. The molecule has 0 radical (unpaired) electrons. The van der Waals surface area contributed by atoms with Crippen LogP contribution < -0.4 is 14.8 Å². The Morgan fingerprint density at radius 2 is 2.04 bits per heavy atom. The predicted molar refractivity (Wildman–Crippen MR) is 97.1 cm³/mol. The zero-order valence-corrected chi connectivity index (χ0v) is 15.4. The first-order valence-corrected chi connectivity index (χ1v) is 9.78. The molecule has 1 aliphatic rings. The monoisotopic (exact) mass is 403 g/mol. The number of fused-ring (bicyclic) bond motifs is 1. The topological polar surface area (TPSA) is 104 Å². The van der Waals surface area contributed by atoms with Gasteiger partial charge in [-0.1, -0.05) is 30.0 Å². The molecule has 3 heterocycles.